The van der Waals surface area contributed by atoms with Crippen LogP contribution in [0.25, 0.3) is 0 Å². The summed E-state index contributed by atoms with van der Waals surface area (Å²) in [7, 11) is 0. The zero-order valence-electron chi connectivity index (χ0n) is 11.2. The average molecular weight is 235 g/mol. The van der Waals surface area contributed by atoms with Gasteiger partial charge in [0, 0.05) is 0 Å². The van der Waals surface area contributed by atoms with Gasteiger partial charge in [-0.2, -0.15) is 0 Å². The van der Waals surface area contributed by atoms with Crippen LogP contribution in [-0.2, 0) is 6.54 Å². The zero-order chi connectivity index (χ0) is 12.1. The molecule has 0 bridgehead atoms. The third kappa shape index (κ3) is 4.19. The molecule has 96 valence electrons. The maximum absolute atomic E-state index is 5.53. The molecule has 0 spiro atoms. The maximum atomic E-state index is 5.53. The second-order valence-corrected chi connectivity index (χ2v) is 5.62. The molecule has 0 aromatic carbocycles. The Morgan fingerprint density at radius 2 is 2.24 bits per heavy atom. The van der Waals surface area contributed by atoms with Crippen LogP contribution in [0.2, 0.25) is 0 Å². The summed E-state index contributed by atoms with van der Waals surface area (Å²) in [5, 5.41) is 3.48. The fourth-order valence-electron chi connectivity index (χ4n) is 2.92. The lowest BCUT2D eigenvalue weighted by Gasteiger charge is -2.26. The second-order valence-electron chi connectivity index (χ2n) is 5.62. The van der Waals surface area contributed by atoms with Crippen LogP contribution in [-0.4, -0.2) is 6.54 Å². The first-order valence-electron chi connectivity index (χ1n) is 7.00. The van der Waals surface area contributed by atoms with Crippen molar-refractivity contribution in [3.05, 3.63) is 23.7 Å². The Balaban J connectivity index is 1.59. The molecule has 1 fully saturated rings. The van der Waals surface area contributed by atoms with Crippen LogP contribution in [0.15, 0.2) is 16.5 Å². The molecule has 2 nitrogen and oxygen atoms in total. The largest absolute Gasteiger partial charge is 0.465 e. The van der Waals surface area contributed by atoms with E-state index < -0.39 is 0 Å². The Morgan fingerprint density at radius 3 is 2.94 bits per heavy atom. The van der Waals surface area contributed by atoms with Crippen molar-refractivity contribution >= 4 is 0 Å². The Bertz CT molecular complexity index is 331. The summed E-state index contributed by atoms with van der Waals surface area (Å²) >= 11 is 0. The second kappa shape index (κ2) is 6.25. The summed E-state index contributed by atoms with van der Waals surface area (Å²) in [6, 6.07) is 4.09. The van der Waals surface area contributed by atoms with E-state index >= 15 is 0 Å². The van der Waals surface area contributed by atoms with Gasteiger partial charge in [0.15, 0.2) is 0 Å². The van der Waals surface area contributed by atoms with Gasteiger partial charge in [-0.15, -0.1) is 0 Å². The number of furan rings is 1. The molecule has 2 rings (SSSR count). The van der Waals surface area contributed by atoms with E-state index in [1.165, 1.54) is 32.1 Å². The molecular formula is C15H25NO. The third-order valence-corrected chi connectivity index (χ3v) is 3.87. The summed E-state index contributed by atoms with van der Waals surface area (Å²) in [6.45, 7) is 6.38. The van der Waals surface area contributed by atoms with Crippen LogP contribution >= 0.6 is 0 Å². The van der Waals surface area contributed by atoms with E-state index in [0.717, 1.165) is 36.4 Å². The van der Waals surface area contributed by atoms with Crippen molar-refractivity contribution in [1.82, 2.24) is 5.32 Å². The molecule has 1 saturated carbocycles. The van der Waals surface area contributed by atoms with Crippen molar-refractivity contribution in [3.63, 3.8) is 0 Å². The molecule has 0 aliphatic heterocycles. The molecule has 2 heteroatoms. The molecule has 1 heterocycles. The minimum absolute atomic E-state index is 0.871. The van der Waals surface area contributed by atoms with Gasteiger partial charge in [-0.25, -0.2) is 0 Å². The van der Waals surface area contributed by atoms with Crippen LogP contribution in [0.1, 0.15) is 50.5 Å². The standard InChI is InChI=1S/C15H25NO/c1-12-4-3-5-14(10-12)8-9-16-11-15-7-6-13(2)17-15/h6-7,12,14,16H,3-5,8-11H2,1-2H3. The Kier molecular flexibility index (Phi) is 4.66. The van der Waals surface area contributed by atoms with E-state index in [9.17, 15) is 0 Å². The van der Waals surface area contributed by atoms with E-state index in [-0.39, 0.29) is 0 Å². The molecule has 0 amide bonds. The number of hydrogen-bond acceptors (Lipinski definition) is 2. The topological polar surface area (TPSA) is 25.2 Å². The van der Waals surface area contributed by atoms with Crippen LogP contribution in [0.5, 0.6) is 0 Å². The highest BCUT2D eigenvalue weighted by molar-refractivity contribution is 5.05. The number of aryl methyl sites for hydroxylation is 1. The summed E-state index contributed by atoms with van der Waals surface area (Å²) in [4.78, 5) is 0. The lowest BCUT2D eigenvalue weighted by atomic mass is 9.81. The van der Waals surface area contributed by atoms with Gasteiger partial charge in [0.05, 0.1) is 6.54 Å². The van der Waals surface area contributed by atoms with E-state index in [4.69, 9.17) is 4.42 Å². The van der Waals surface area contributed by atoms with Gasteiger partial charge in [0.2, 0.25) is 0 Å². The van der Waals surface area contributed by atoms with Crippen molar-refractivity contribution in [3.8, 4) is 0 Å². The third-order valence-electron chi connectivity index (χ3n) is 3.87. The van der Waals surface area contributed by atoms with Crippen LogP contribution in [0, 0.1) is 18.8 Å². The van der Waals surface area contributed by atoms with Crippen molar-refractivity contribution < 1.29 is 4.42 Å². The van der Waals surface area contributed by atoms with Gasteiger partial charge in [-0.1, -0.05) is 26.2 Å². The van der Waals surface area contributed by atoms with E-state index in [0.29, 0.717) is 0 Å². The lowest BCUT2D eigenvalue weighted by molar-refractivity contribution is 0.266. The Hall–Kier alpha value is -0.760. The SMILES string of the molecule is Cc1ccc(CNCCC2CCCC(C)C2)o1. The molecular weight excluding hydrogens is 210 g/mol. The smallest absolute Gasteiger partial charge is 0.117 e. The van der Waals surface area contributed by atoms with Gasteiger partial charge in [-0.05, 0) is 50.3 Å². The van der Waals surface area contributed by atoms with Gasteiger partial charge < -0.3 is 9.73 Å². The van der Waals surface area contributed by atoms with Crippen molar-refractivity contribution in [2.45, 2.75) is 52.5 Å². The summed E-state index contributed by atoms with van der Waals surface area (Å²) < 4.78 is 5.53. The molecule has 2 unspecified atom stereocenters. The Morgan fingerprint density at radius 1 is 1.35 bits per heavy atom. The molecule has 2 atom stereocenters. The highest BCUT2D eigenvalue weighted by Crippen LogP contribution is 2.30. The average Bonchev–Trinajstić information content (AvgIpc) is 2.71. The fourth-order valence-corrected chi connectivity index (χ4v) is 2.92. The van der Waals surface area contributed by atoms with Gasteiger partial charge >= 0.3 is 0 Å². The quantitative estimate of drug-likeness (QED) is 0.783. The molecule has 1 aliphatic carbocycles. The summed E-state index contributed by atoms with van der Waals surface area (Å²) in [5.41, 5.74) is 0. The molecule has 1 N–H and O–H groups in total. The molecule has 0 radical (unpaired) electrons. The Labute approximate surface area is 105 Å². The van der Waals surface area contributed by atoms with Crippen LogP contribution in [0.4, 0.5) is 0 Å². The van der Waals surface area contributed by atoms with Gasteiger partial charge in [0.1, 0.15) is 11.5 Å². The molecule has 1 aromatic heterocycles. The minimum atomic E-state index is 0.871. The maximum Gasteiger partial charge on any atom is 0.117 e. The normalized spacial score (nSPS) is 25.1. The van der Waals surface area contributed by atoms with E-state index in [1.807, 2.05) is 13.0 Å². The zero-order valence-corrected chi connectivity index (χ0v) is 11.2. The molecule has 0 saturated heterocycles. The predicted octanol–water partition coefficient (Wildman–Crippen LogP) is 3.89. The van der Waals surface area contributed by atoms with E-state index in [2.05, 4.69) is 18.3 Å². The molecule has 17 heavy (non-hydrogen) atoms. The summed E-state index contributed by atoms with van der Waals surface area (Å²) in [6.07, 6.45) is 7.07. The first-order chi connectivity index (χ1) is 8.24. The number of hydrogen-bond donors (Lipinski definition) is 1. The van der Waals surface area contributed by atoms with Crippen molar-refractivity contribution in [2.24, 2.45) is 11.8 Å². The van der Waals surface area contributed by atoms with Gasteiger partial charge in [0.25, 0.3) is 0 Å². The highest BCUT2D eigenvalue weighted by Gasteiger charge is 2.18. The van der Waals surface area contributed by atoms with Crippen molar-refractivity contribution in [1.29, 1.82) is 0 Å². The number of rotatable bonds is 5. The monoisotopic (exact) mass is 235 g/mol. The molecule has 1 aromatic rings. The van der Waals surface area contributed by atoms with Crippen LogP contribution in [0.3, 0.4) is 0 Å². The first-order valence-corrected chi connectivity index (χ1v) is 7.00. The lowest BCUT2D eigenvalue weighted by Crippen LogP contribution is -2.20. The fraction of sp³-hybridized carbons (Fsp3) is 0.733. The van der Waals surface area contributed by atoms with Crippen molar-refractivity contribution in [2.75, 3.05) is 6.54 Å². The van der Waals surface area contributed by atoms with E-state index in [1.54, 1.807) is 0 Å². The summed E-state index contributed by atoms with van der Waals surface area (Å²) in [5.74, 6) is 3.95. The van der Waals surface area contributed by atoms with Gasteiger partial charge in [-0.3, -0.25) is 0 Å². The first kappa shape index (κ1) is 12.7. The van der Waals surface area contributed by atoms with Crippen LogP contribution < -0.4 is 5.32 Å². The molecule has 1 aliphatic rings. The number of nitrogens with one attached hydrogen (secondary N) is 1. The highest BCUT2D eigenvalue weighted by atomic mass is 16.3. The minimum Gasteiger partial charge on any atom is -0.465 e. The predicted molar refractivity (Wildman–Crippen MR) is 70.9 cm³/mol.